The van der Waals surface area contributed by atoms with Crippen LogP contribution in [0.15, 0.2) is 54.9 Å². The number of aromatic amines is 1. The molecule has 1 unspecified atom stereocenters. The Morgan fingerprint density at radius 3 is 2.74 bits per heavy atom. The van der Waals surface area contributed by atoms with Crippen molar-refractivity contribution >= 4 is 28.5 Å². The average Bonchev–Trinajstić information content (AvgIpc) is 3.49. The Morgan fingerprint density at radius 1 is 1.19 bits per heavy atom. The molecule has 0 spiro atoms. The molecule has 1 fully saturated rings. The van der Waals surface area contributed by atoms with Crippen molar-refractivity contribution in [2.45, 2.75) is 26.3 Å². The molecule has 7 nitrogen and oxygen atoms in total. The van der Waals surface area contributed by atoms with E-state index in [4.69, 9.17) is 16.6 Å². The van der Waals surface area contributed by atoms with Gasteiger partial charge in [-0.15, -0.1) is 0 Å². The van der Waals surface area contributed by atoms with Crippen LogP contribution < -0.4 is 0 Å². The standard InChI is InChI=1S/C23H21ClN6O/c1-13-4-7-19(30-25-8-9-26-30)16(10-13)23(31)29-12-14(2)11-20(29)22-27-18-6-5-17(24)15(3)21(18)28-22/h4-10,20H,2,11-12H2,1,3H3,(H,27,28). The van der Waals surface area contributed by atoms with Crippen LogP contribution in [0.1, 0.15) is 39.8 Å². The zero-order valence-corrected chi connectivity index (χ0v) is 18.0. The lowest BCUT2D eigenvalue weighted by molar-refractivity contribution is 0.0732. The molecule has 0 radical (unpaired) electrons. The van der Waals surface area contributed by atoms with Gasteiger partial charge in [0.05, 0.1) is 40.7 Å². The number of aryl methyl sites for hydroxylation is 2. The maximum absolute atomic E-state index is 13.7. The van der Waals surface area contributed by atoms with Gasteiger partial charge >= 0.3 is 0 Å². The molecular formula is C23H21ClN6O. The van der Waals surface area contributed by atoms with Crippen LogP contribution in [0.3, 0.4) is 0 Å². The predicted molar refractivity (Wildman–Crippen MR) is 119 cm³/mol. The van der Waals surface area contributed by atoms with E-state index in [0.717, 1.165) is 33.6 Å². The van der Waals surface area contributed by atoms with Gasteiger partial charge < -0.3 is 9.88 Å². The number of nitrogens with one attached hydrogen (secondary N) is 1. The van der Waals surface area contributed by atoms with Crippen molar-refractivity contribution in [3.05, 3.63) is 82.4 Å². The van der Waals surface area contributed by atoms with Crippen LogP contribution in [0.2, 0.25) is 5.02 Å². The first-order valence-corrected chi connectivity index (χ1v) is 10.4. The molecule has 31 heavy (non-hydrogen) atoms. The molecule has 156 valence electrons. The normalized spacial score (nSPS) is 16.4. The number of fused-ring (bicyclic) bond motifs is 1. The van der Waals surface area contributed by atoms with Crippen LogP contribution in [0.4, 0.5) is 0 Å². The summed E-state index contributed by atoms with van der Waals surface area (Å²) in [4.78, 5) is 25.2. The molecule has 0 bridgehead atoms. The molecule has 5 rings (SSSR count). The lowest BCUT2D eigenvalue weighted by Crippen LogP contribution is -2.32. The first-order chi connectivity index (χ1) is 14.9. The minimum absolute atomic E-state index is 0.102. The highest BCUT2D eigenvalue weighted by Crippen LogP contribution is 2.36. The third-order valence-electron chi connectivity index (χ3n) is 5.71. The van der Waals surface area contributed by atoms with Crippen LogP contribution in [0.25, 0.3) is 16.7 Å². The molecule has 4 aromatic rings. The molecular weight excluding hydrogens is 412 g/mol. The second kappa shape index (κ2) is 7.35. The molecule has 1 atom stereocenters. The Balaban J connectivity index is 1.57. The van der Waals surface area contributed by atoms with E-state index >= 15 is 0 Å². The Kier molecular flexibility index (Phi) is 4.63. The zero-order valence-electron chi connectivity index (χ0n) is 17.3. The quantitative estimate of drug-likeness (QED) is 0.481. The highest BCUT2D eigenvalue weighted by Gasteiger charge is 2.36. The number of benzene rings is 2. The second-order valence-corrected chi connectivity index (χ2v) is 8.34. The SMILES string of the molecule is C=C1CC(c2nc3c(C)c(Cl)ccc3[nH]2)N(C(=O)c2cc(C)ccc2-n2nccn2)C1. The first kappa shape index (κ1) is 19.5. The molecule has 1 N–H and O–H groups in total. The second-order valence-electron chi connectivity index (χ2n) is 7.93. The largest absolute Gasteiger partial charge is 0.340 e. The summed E-state index contributed by atoms with van der Waals surface area (Å²) in [7, 11) is 0. The van der Waals surface area contributed by atoms with Gasteiger partial charge in [0.2, 0.25) is 0 Å². The van der Waals surface area contributed by atoms with Gasteiger partial charge in [-0.25, -0.2) is 4.98 Å². The highest BCUT2D eigenvalue weighted by atomic mass is 35.5. The molecule has 0 saturated carbocycles. The van der Waals surface area contributed by atoms with Crippen LogP contribution in [0.5, 0.6) is 0 Å². The van der Waals surface area contributed by atoms with E-state index in [-0.39, 0.29) is 11.9 Å². The lowest BCUT2D eigenvalue weighted by atomic mass is 10.1. The van der Waals surface area contributed by atoms with Crippen molar-refractivity contribution in [1.82, 2.24) is 29.9 Å². The van der Waals surface area contributed by atoms with Crippen molar-refractivity contribution in [2.75, 3.05) is 6.54 Å². The fraction of sp³-hybridized carbons (Fsp3) is 0.217. The van der Waals surface area contributed by atoms with E-state index in [1.807, 2.05) is 49.1 Å². The Morgan fingerprint density at radius 2 is 1.97 bits per heavy atom. The monoisotopic (exact) mass is 432 g/mol. The number of aromatic nitrogens is 5. The summed E-state index contributed by atoms with van der Waals surface area (Å²) in [5.74, 6) is 0.633. The maximum atomic E-state index is 13.7. The number of imidazole rings is 1. The summed E-state index contributed by atoms with van der Waals surface area (Å²) >= 11 is 6.27. The predicted octanol–water partition coefficient (Wildman–Crippen LogP) is 4.56. The van der Waals surface area contributed by atoms with E-state index in [0.29, 0.717) is 29.2 Å². The Hall–Kier alpha value is -3.45. The number of hydrogen-bond donors (Lipinski definition) is 1. The molecule has 1 aliphatic rings. The minimum Gasteiger partial charge on any atom is -0.340 e. The summed E-state index contributed by atoms with van der Waals surface area (Å²) < 4.78 is 0. The van der Waals surface area contributed by atoms with Gasteiger partial charge in [-0.05, 0) is 50.1 Å². The average molecular weight is 433 g/mol. The zero-order chi connectivity index (χ0) is 21.7. The van der Waals surface area contributed by atoms with Crippen molar-refractivity contribution in [2.24, 2.45) is 0 Å². The van der Waals surface area contributed by atoms with Gasteiger partial charge in [-0.1, -0.05) is 35.4 Å². The summed E-state index contributed by atoms with van der Waals surface area (Å²) in [6.07, 6.45) is 3.84. The van der Waals surface area contributed by atoms with Crippen LogP contribution in [-0.4, -0.2) is 42.3 Å². The molecule has 8 heteroatoms. The molecule has 1 saturated heterocycles. The van der Waals surface area contributed by atoms with Gasteiger partial charge in [0.25, 0.3) is 5.91 Å². The van der Waals surface area contributed by atoms with Crippen molar-refractivity contribution in [1.29, 1.82) is 0 Å². The third-order valence-corrected chi connectivity index (χ3v) is 6.11. The number of rotatable bonds is 3. The van der Waals surface area contributed by atoms with Gasteiger partial charge in [-0.2, -0.15) is 15.0 Å². The van der Waals surface area contributed by atoms with Crippen molar-refractivity contribution in [3.63, 3.8) is 0 Å². The van der Waals surface area contributed by atoms with E-state index < -0.39 is 0 Å². The number of nitrogens with zero attached hydrogens (tertiary/aromatic N) is 5. The number of hydrogen-bond acceptors (Lipinski definition) is 4. The fourth-order valence-corrected chi connectivity index (χ4v) is 4.26. The number of likely N-dealkylation sites (tertiary alicyclic amines) is 1. The van der Waals surface area contributed by atoms with Crippen molar-refractivity contribution in [3.8, 4) is 5.69 Å². The third kappa shape index (κ3) is 3.31. The first-order valence-electron chi connectivity index (χ1n) is 10.0. The smallest absolute Gasteiger partial charge is 0.257 e. The number of H-pyrrole nitrogens is 1. The molecule has 2 aromatic heterocycles. The van der Waals surface area contributed by atoms with Crippen LogP contribution in [0, 0.1) is 13.8 Å². The topological polar surface area (TPSA) is 79.7 Å². The number of halogens is 1. The van der Waals surface area contributed by atoms with Crippen LogP contribution in [-0.2, 0) is 0 Å². The lowest BCUT2D eigenvalue weighted by Gasteiger charge is -2.24. The fourth-order valence-electron chi connectivity index (χ4n) is 4.11. The van der Waals surface area contributed by atoms with E-state index in [9.17, 15) is 4.79 Å². The molecule has 0 aliphatic carbocycles. The van der Waals surface area contributed by atoms with Gasteiger partial charge in [0.1, 0.15) is 5.82 Å². The maximum Gasteiger partial charge on any atom is 0.257 e. The Labute approximate surface area is 184 Å². The highest BCUT2D eigenvalue weighted by molar-refractivity contribution is 6.32. The summed E-state index contributed by atoms with van der Waals surface area (Å²) in [6.45, 7) is 8.53. The van der Waals surface area contributed by atoms with E-state index in [1.165, 1.54) is 4.80 Å². The molecule has 3 heterocycles. The summed E-state index contributed by atoms with van der Waals surface area (Å²) in [5.41, 5.74) is 5.81. The van der Waals surface area contributed by atoms with E-state index in [2.05, 4.69) is 21.8 Å². The van der Waals surface area contributed by atoms with Gasteiger partial charge in [0.15, 0.2) is 0 Å². The summed E-state index contributed by atoms with van der Waals surface area (Å²) in [5, 5.41) is 9.09. The molecule has 2 aromatic carbocycles. The minimum atomic E-state index is -0.232. The van der Waals surface area contributed by atoms with Crippen molar-refractivity contribution < 1.29 is 4.79 Å². The van der Waals surface area contributed by atoms with E-state index in [1.54, 1.807) is 12.4 Å². The van der Waals surface area contributed by atoms with Gasteiger partial charge in [-0.3, -0.25) is 4.79 Å². The number of amides is 1. The van der Waals surface area contributed by atoms with Crippen LogP contribution >= 0.6 is 11.6 Å². The molecule has 1 amide bonds. The number of carbonyl (C=O) groups is 1. The number of carbonyl (C=O) groups excluding carboxylic acids is 1. The van der Waals surface area contributed by atoms with Gasteiger partial charge in [0, 0.05) is 11.6 Å². The summed E-state index contributed by atoms with van der Waals surface area (Å²) in [6, 6.07) is 9.23. The molecule has 1 aliphatic heterocycles. The Bertz CT molecular complexity index is 1320.